The Morgan fingerprint density at radius 2 is 2.20 bits per heavy atom. The lowest BCUT2D eigenvalue weighted by Crippen LogP contribution is -1.95. The van der Waals surface area contributed by atoms with Crippen molar-refractivity contribution < 1.29 is 4.79 Å². The first-order valence-corrected chi connectivity index (χ1v) is 4.65. The van der Waals surface area contributed by atoms with Crippen LogP contribution in [0.4, 0.5) is 0 Å². The zero-order valence-electron chi connectivity index (χ0n) is 6.48. The molecule has 0 rings (SSSR count). The van der Waals surface area contributed by atoms with Crippen LogP contribution >= 0.6 is 22.6 Å². The SMILES string of the molecule is C/C=C(\I)C(=O)CCCC. The van der Waals surface area contributed by atoms with E-state index in [0.29, 0.717) is 6.42 Å². The van der Waals surface area contributed by atoms with Crippen LogP contribution < -0.4 is 0 Å². The zero-order valence-corrected chi connectivity index (χ0v) is 8.64. The molecule has 0 atom stereocenters. The van der Waals surface area contributed by atoms with Crippen LogP contribution in [0.5, 0.6) is 0 Å². The summed E-state index contributed by atoms with van der Waals surface area (Å²) in [6.07, 6.45) is 4.68. The Bertz CT molecular complexity index is 138. The molecule has 0 aliphatic rings. The van der Waals surface area contributed by atoms with Gasteiger partial charge in [0, 0.05) is 6.42 Å². The van der Waals surface area contributed by atoms with E-state index in [4.69, 9.17) is 0 Å². The standard InChI is InChI=1S/C8H13IO/c1-3-5-6-8(10)7(9)4-2/h4H,3,5-6H2,1-2H3/b7-4-. The molecule has 0 unspecified atom stereocenters. The zero-order chi connectivity index (χ0) is 7.98. The molecule has 0 amide bonds. The molecule has 0 saturated carbocycles. The van der Waals surface area contributed by atoms with E-state index in [1.165, 1.54) is 0 Å². The molecule has 10 heavy (non-hydrogen) atoms. The van der Waals surface area contributed by atoms with Gasteiger partial charge in [-0.3, -0.25) is 4.79 Å². The maximum atomic E-state index is 11.1. The highest BCUT2D eigenvalue weighted by molar-refractivity contribution is 14.1. The van der Waals surface area contributed by atoms with Crippen LogP contribution in [0, 0.1) is 0 Å². The van der Waals surface area contributed by atoms with Gasteiger partial charge in [-0.15, -0.1) is 0 Å². The Balaban J connectivity index is 3.63. The number of carbonyl (C=O) groups is 1. The van der Waals surface area contributed by atoms with Gasteiger partial charge in [-0.05, 0) is 35.9 Å². The topological polar surface area (TPSA) is 17.1 Å². The average molecular weight is 252 g/mol. The van der Waals surface area contributed by atoms with Crippen LogP contribution in [0.2, 0.25) is 0 Å². The number of carbonyl (C=O) groups excluding carboxylic acids is 1. The van der Waals surface area contributed by atoms with E-state index in [1.807, 2.05) is 13.0 Å². The molecule has 0 bridgehead atoms. The molecule has 58 valence electrons. The summed E-state index contributed by atoms with van der Waals surface area (Å²) in [5, 5.41) is 0. The maximum Gasteiger partial charge on any atom is 0.168 e. The number of ketones is 1. The fraction of sp³-hybridized carbons (Fsp3) is 0.625. The summed E-state index contributed by atoms with van der Waals surface area (Å²) in [5.41, 5.74) is 0. The van der Waals surface area contributed by atoms with Crippen molar-refractivity contribution in [1.29, 1.82) is 0 Å². The number of hydrogen-bond acceptors (Lipinski definition) is 1. The number of Topliss-reactive ketones (excluding diaryl/α,β-unsaturated/α-hetero) is 1. The normalized spacial score (nSPS) is 11.7. The van der Waals surface area contributed by atoms with Crippen LogP contribution in [-0.2, 0) is 4.79 Å². The molecule has 0 heterocycles. The first kappa shape index (κ1) is 10.1. The van der Waals surface area contributed by atoms with Crippen molar-refractivity contribution in [3.05, 3.63) is 9.66 Å². The third kappa shape index (κ3) is 4.04. The van der Waals surface area contributed by atoms with E-state index in [9.17, 15) is 4.79 Å². The minimum Gasteiger partial charge on any atom is -0.294 e. The van der Waals surface area contributed by atoms with Crippen molar-refractivity contribution in [3.8, 4) is 0 Å². The summed E-state index contributed by atoms with van der Waals surface area (Å²) in [6.45, 7) is 3.99. The second-order valence-corrected chi connectivity index (χ2v) is 3.33. The summed E-state index contributed by atoms with van der Waals surface area (Å²) in [4.78, 5) is 11.1. The largest absolute Gasteiger partial charge is 0.294 e. The summed E-state index contributed by atoms with van der Waals surface area (Å²) >= 11 is 2.08. The highest BCUT2D eigenvalue weighted by Crippen LogP contribution is 2.10. The first-order valence-electron chi connectivity index (χ1n) is 3.57. The van der Waals surface area contributed by atoms with Crippen molar-refractivity contribution in [2.75, 3.05) is 0 Å². The number of unbranched alkanes of at least 4 members (excludes halogenated alkanes) is 1. The van der Waals surface area contributed by atoms with Crippen LogP contribution in [0.25, 0.3) is 0 Å². The Kier molecular flexibility index (Phi) is 5.97. The van der Waals surface area contributed by atoms with Crippen LogP contribution in [0.15, 0.2) is 9.66 Å². The molecule has 0 saturated heterocycles. The Morgan fingerprint density at radius 3 is 2.60 bits per heavy atom. The third-order valence-electron chi connectivity index (χ3n) is 1.28. The lowest BCUT2D eigenvalue weighted by atomic mass is 10.2. The predicted molar refractivity (Wildman–Crippen MR) is 52.3 cm³/mol. The van der Waals surface area contributed by atoms with Crippen molar-refractivity contribution in [2.24, 2.45) is 0 Å². The third-order valence-corrected chi connectivity index (χ3v) is 2.50. The minimum absolute atomic E-state index is 0.282. The van der Waals surface area contributed by atoms with E-state index in [2.05, 4.69) is 29.5 Å². The van der Waals surface area contributed by atoms with Gasteiger partial charge in [-0.2, -0.15) is 0 Å². The second kappa shape index (κ2) is 5.89. The molecule has 0 aromatic heterocycles. The van der Waals surface area contributed by atoms with Gasteiger partial charge in [-0.25, -0.2) is 0 Å². The number of halogens is 1. The van der Waals surface area contributed by atoms with Gasteiger partial charge in [0.15, 0.2) is 5.78 Å². The molecule has 1 nitrogen and oxygen atoms in total. The molecule has 0 N–H and O–H groups in total. The Morgan fingerprint density at radius 1 is 1.60 bits per heavy atom. The lowest BCUT2D eigenvalue weighted by Gasteiger charge is -1.95. The van der Waals surface area contributed by atoms with Crippen LogP contribution in [0.3, 0.4) is 0 Å². The van der Waals surface area contributed by atoms with E-state index in [-0.39, 0.29) is 5.78 Å². The fourth-order valence-electron chi connectivity index (χ4n) is 0.618. The van der Waals surface area contributed by atoms with Gasteiger partial charge in [0.25, 0.3) is 0 Å². The number of rotatable bonds is 4. The average Bonchev–Trinajstić information content (AvgIpc) is 1.98. The van der Waals surface area contributed by atoms with Crippen molar-refractivity contribution in [1.82, 2.24) is 0 Å². The molecule has 0 aliphatic carbocycles. The van der Waals surface area contributed by atoms with Crippen molar-refractivity contribution in [2.45, 2.75) is 33.1 Å². The summed E-state index contributed by atoms with van der Waals surface area (Å²) in [7, 11) is 0. The first-order chi connectivity index (χ1) is 4.72. The fourth-order valence-corrected chi connectivity index (χ4v) is 0.887. The van der Waals surface area contributed by atoms with Gasteiger partial charge in [0.05, 0.1) is 3.58 Å². The number of allylic oxidation sites excluding steroid dienone is 2. The molecule has 0 fully saturated rings. The van der Waals surface area contributed by atoms with Gasteiger partial charge in [0.2, 0.25) is 0 Å². The predicted octanol–water partition coefficient (Wildman–Crippen LogP) is 3.08. The summed E-state index contributed by atoms with van der Waals surface area (Å²) < 4.78 is 0.867. The molecular weight excluding hydrogens is 239 g/mol. The van der Waals surface area contributed by atoms with Crippen molar-refractivity contribution >= 4 is 28.4 Å². The van der Waals surface area contributed by atoms with Gasteiger partial charge in [-0.1, -0.05) is 19.4 Å². The van der Waals surface area contributed by atoms with E-state index in [1.54, 1.807) is 0 Å². The molecule has 2 heteroatoms. The van der Waals surface area contributed by atoms with Gasteiger partial charge in [0.1, 0.15) is 0 Å². The summed E-state index contributed by atoms with van der Waals surface area (Å²) in [5.74, 6) is 0.282. The quantitative estimate of drug-likeness (QED) is 0.555. The Labute approximate surface area is 76.0 Å². The van der Waals surface area contributed by atoms with Gasteiger partial charge < -0.3 is 0 Å². The molecule has 0 aromatic rings. The van der Waals surface area contributed by atoms with E-state index >= 15 is 0 Å². The smallest absolute Gasteiger partial charge is 0.168 e. The van der Waals surface area contributed by atoms with Crippen molar-refractivity contribution in [3.63, 3.8) is 0 Å². The van der Waals surface area contributed by atoms with Gasteiger partial charge >= 0.3 is 0 Å². The molecule has 0 aliphatic heterocycles. The van der Waals surface area contributed by atoms with E-state index in [0.717, 1.165) is 16.4 Å². The molecular formula is C8H13IO. The maximum absolute atomic E-state index is 11.1. The molecule has 0 radical (unpaired) electrons. The summed E-state index contributed by atoms with van der Waals surface area (Å²) in [6, 6.07) is 0. The monoisotopic (exact) mass is 252 g/mol. The lowest BCUT2D eigenvalue weighted by molar-refractivity contribution is -0.114. The highest BCUT2D eigenvalue weighted by atomic mass is 127. The molecule has 0 aromatic carbocycles. The Hall–Kier alpha value is 0.140. The minimum atomic E-state index is 0.282. The second-order valence-electron chi connectivity index (χ2n) is 2.16. The molecule has 0 spiro atoms. The van der Waals surface area contributed by atoms with Crippen LogP contribution in [-0.4, -0.2) is 5.78 Å². The van der Waals surface area contributed by atoms with E-state index < -0.39 is 0 Å². The van der Waals surface area contributed by atoms with Crippen LogP contribution in [0.1, 0.15) is 33.1 Å². The number of hydrogen-bond donors (Lipinski definition) is 0. The highest BCUT2D eigenvalue weighted by Gasteiger charge is 2.02.